The Morgan fingerprint density at radius 1 is 1.37 bits per heavy atom. The normalized spacial score (nSPS) is 16.2. The first-order valence-corrected chi connectivity index (χ1v) is 7.08. The molecule has 2 rings (SSSR count). The van der Waals surface area contributed by atoms with Crippen molar-refractivity contribution in [3.05, 3.63) is 35.4 Å². The highest BCUT2D eigenvalue weighted by Gasteiger charge is 2.26. The highest BCUT2D eigenvalue weighted by atomic mass is 16.6. The molecule has 0 bridgehead atoms. The van der Waals surface area contributed by atoms with Crippen molar-refractivity contribution in [2.24, 2.45) is 5.92 Å². The number of benzene rings is 1. The predicted molar refractivity (Wildman–Crippen MR) is 76.1 cm³/mol. The third-order valence-electron chi connectivity index (χ3n) is 3.58. The molecule has 0 spiro atoms. The fourth-order valence-corrected chi connectivity index (χ4v) is 2.04. The van der Waals surface area contributed by atoms with Crippen LogP contribution in [0.15, 0.2) is 24.3 Å². The summed E-state index contributed by atoms with van der Waals surface area (Å²) in [5, 5.41) is 2.88. The van der Waals surface area contributed by atoms with E-state index in [2.05, 4.69) is 38.2 Å². The number of nitrogens with one attached hydrogen (secondary N) is 1. The van der Waals surface area contributed by atoms with E-state index in [-0.39, 0.29) is 12.2 Å². The second kappa shape index (κ2) is 6.09. The van der Waals surface area contributed by atoms with Crippen LogP contribution in [0.2, 0.25) is 0 Å². The number of rotatable bonds is 5. The van der Waals surface area contributed by atoms with Crippen LogP contribution >= 0.6 is 0 Å². The first kappa shape index (κ1) is 13.9. The number of hydrogen-bond donors (Lipinski definition) is 1. The molecule has 3 heteroatoms. The van der Waals surface area contributed by atoms with Gasteiger partial charge in [-0.15, -0.1) is 0 Å². The molecule has 1 aliphatic carbocycles. The Balaban J connectivity index is 1.95. The summed E-state index contributed by atoms with van der Waals surface area (Å²) in [5.41, 5.74) is 2.50. The van der Waals surface area contributed by atoms with Gasteiger partial charge in [-0.25, -0.2) is 4.79 Å². The van der Waals surface area contributed by atoms with Crippen molar-refractivity contribution in [1.82, 2.24) is 5.32 Å². The quantitative estimate of drug-likeness (QED) is 0.881. The van der Waals surface area contributed by atoms with Gasteiger partial charge in [0.2, 0.25) is 0 Å². The third-order valence-corrected chi connectivity index (χ3v) is 3.58. The molecular weight excluding hydrogens is 238 g/mol. The summed E-state index contributed by atoms with van der Waals surface area (Å²) in [4.78, 5) is 11.8. The topological polar surface area (TPSA) is 38.3 Å². The molecule has 1 amide bonds. The zero-order chi connectivity index (χ0) is 13.8. The summed E-state index contributed by atoms with van der Waals surface area (Å²) < 4.78 is 5.57. The van der Waals surface area contributed by atoms with Gasteiger partial charge in [0.05, 0.1) is 0 Å². The number of ether oxygens (including phenoxy) is 1. The molecule has 0 aliphatic heterocycles. The molecule has 0 heterocycles. The number of hydrogen-bond acceptors (Lipinski definition) is 2. The lowest BCUT2D eigenvalue weighted by atomic mass is 9.96. The molecule has 104 valence electrons. The van der Waals surface area contributed by atoms with Crippen molar-refractivity contribution in [2.45, 2.75) is 52.2 Å². The van der Waals surface area contributed by atoms with Crippen LogP contribution in [0.25, 0.3) is 0 Å². The van der Waals surface area contributed by atoms with Crippen LogP contribution in [0.3, 0.4) is 0 Å². The van der Waals surface area contributed by atoms with Gasteiger partial charge in [0.25, 0.3) is 0 Å². The molecular formula is C16H23NO2. The summed E-state index contributed by atoms with van der Waals surface area (Å²) in [7, 11) is 0. The number of aryl methyl sites for hydroxylation is 1. The maximum atomic E-state index is 11.8. The van der Waals surface area contributed by atoms with E-state index in [0.29, 0.717) is 12.0 Å². The minimum absolute atomic E-state index is 0.0696. The predicted octanol–water partition coefficient (Wildman–Crippen LogP) is 3.45. The van der Waals surface area contributed by atoms with E-state index in [4.69, 9.17) is 4.74 Å². The molecule has 19 heavy (non-hydrogen) atoms. The van der Waals surface area contributed by atoms with E-state index < -0.39 is 0 Å². The van der Waals surface area contributed by atoms with Crippen LogP contribution in [0.5, 0.6) is 0 Å². The van der Waals surface area contributed by atoms with Crippen LogP contribution in [-0.4, -0.2) is 18.2 Å². The largest absolute Gasteiger partial charge is 0.446 e. The Morgan fingerprint density at radius 3 is 2.63 bits per heavy atom. The van der Waals surface area contributed by atoms with Crippen LogP contribution in [0.1, 0.15) is 37.8 Å². The number of alkyl carbamates (subject to hydrolysis) is 1. The van der Waals surface area contributed by atoms with E-state index in [9.17, 15) is 4.79 Å². The van der Waals surface area contributed by atoms with Crippen molar-refractivity contribution in [2.75, 3.05) is 0 Å². The highest BCUT2D eigenvalue weighted by Crippen LogP contribution is 2.20. The van der Waals surface area contributed by atoms with Gasteiger partial charge >= 0.3 is 6.09 Å². The standard InChI is InChI=1S/C16H23NO2/c1-11(2)15(19-16(18)17-14-8-9-14)10-13-7-5-4-6-12(13)3/h4-7,11,14-15H,8-10H2,1-3H3,(H,17,18). The molecule has 3 nitrogen and oxygen atoms in total. The zero-order valence-electron chi connectivity index (χ0n) is 12.0. The molecule has 1 aliphatic rings. The van der Waals surface area contributed by atoms with Gasteiger partial charge in [-0.1, -0.05) is 38.1 Å². The molecule has 1 fully saturated rings. The van der Waals surface area contributed by atoms with Crippen molar-refractivity contribution < 1.29 is 9.53 Å². The molecule has 1 aromatic rings. The summed E-state index contributed by atoms with van der Waals surface area (Å²) in [5.74, 6) is 0.310. The average molecular weight is 261 g/mol. The van der Waals surface area contributed by atoms with Crippen LogP contribution < -0.4 is 5.32 Å². The highest BCUT2D eigenvalue weighted by molar-refractivity contribution is 5.68. The number of carbonyl (C=O) groups is 1. The maximum absolute atomic E-state index is 11.8. The third kappa shape index (κ3) is 4.27. The van der Waals surface area contributed by atoms with Crippen LogP contribution in [0.4, 0.5) is 4.79 Å². The minimum Gasteiger partial charge on any atom is -0.446 e. The van der Waals surface area contributed by atoms with Crippen LogP contribution in [0, 0.1) is 12.8 Å². The second-order valence-corrected chi connectivity index (χ2v) is 5.74. The SMILES string of the molecule is Cc1ccccc1CC(OC(=O)NC1CC1)C(C)C. The lowest BCUT2D eigenvalue weighted by molar-refractivity contribution is 0.0708. The Bertz CT molecular complexity index is 438. The molecule has 1 atom stereocenters. The molecule has 0 saturated heterocycles. The van der Waals surface area contributed by atoms with Gasteiger partial charge in [0.1, 0.15) is 6.10 Å². The molecule has 0 aromatic heterocycles. The molecule has 1 unspecified atom stereocenters. The van der Waals surface area contributed by atoms with Crippen molar-refractivity contribution in [3.63, 3.8) is 0 Å². The van der Waals surface area contributed by atoms with Gasteiger partial charge in [-0.2, -0.15) is 0 Å². The minimum atomic E-state index is -0.269. The van der Waals surface area contributed by atoms with Crippen LogP contribution in [-0.2, 0) is 11.2 Å². The lowest BCUT2D eigenvalue weighted by Crippen LogP contribution is -2.34. The summed E-state index contributed by atoms with van der Waals surface area (Å²) >= 11 is 0. The van der Waals surface area contributed by atoms with Crippen molar-refractivity contribution in [1.29, 1.82) is 0 Å². The number of carbonyl (C=O) groups excluding carboxylic acids is 1. The fourth-order valence-electron chi connectivity index (χ4n) is 2.04. The van der Waals surface area contributed by atoms with Gasteiger partial charge in [0.15, 0.2) is 0 Å². The first-order valence-electron chi connectivity index (χ1n) is 7.08. The van der Waals surface area contributed by atoms with E-state index in [1.54, 1.807) is 0 Å². The lowest BCUT2D eigenvalue weighted by Gasteiger charge is -2.22. The fraction of sp³-hybridized carbons (Fsp3) is 0.562. The Hall–Kier alpha value is -1.51. The van der Waals surface area contributed by atoms with E-state index in [1.165, 1.54) is 11.1 Å². The van der Waals surface area contributed by atoms with Gasteiger partial charge in [0, 0.05) is 12.5 Å². The summed E-state index contributed by atoms with van der Waals surface area (Å²) in [6.07, 6.45) is 2.61. The summed E-state index contributed by atoms with van der Waals surface area (Å²) in [6, 6.07) is 8.61. The number of amides is 1. The molecule has 1 saturated carbocycles. The first-order chi connectivity index (χ1) is 9.06. The Labute approximate surface area is 115 Å². The van der Waals surface area contributed by atoms with E-state index >= 15 is 0 Å². The van der Waals surface area contributed by atoms with Gasteiger partial charge in [-0.05, 0) is 36.8 Å². The van der Waals surface area contributed by atoms with Gasteiger partial charge < -0.3 is 10.1 Å². The van der Waals surface area contributed by atoms with Crippen molar-refractivity contribution in [3.8, 4) is 0 Å². The molecule has 1 aromatic carbocycles. The molecule has 1 N–H and O–H groups in total. The van der Waals surface area contributed by atoms with E-state index in [0.717, 1.165) is 19.3 Å². The monoisotopic (exact) mass is 261 g/mol. The van der Waals surface area contributed by atoms with E-state index in [1.807, 2.05) is 12.1 Å². The maximum Gasteiger partial charge on any atom is 0.407 e. The Kier molecular flexibility index (Phi) is 4.46. The summed E-state index contributed by atoms with van der Waals surface area (Å²) in [6.45, 7) is 6.28. The van der Waals surface area contributed by atoms with Gasteiger partial charge in [-0.3, -0.25) is 0 Å². The smallest absolute Gasteiger partial charge is 0.407 e. The van der Waals surface area contributed by atoms with Crippen molar-refractivity contribution >= 4 is 6.09 Å². The Morgan fingerprint density at radius 2 is 2.05 bits per heavy atom. The zero-order valence-corrected chi connectivity index (χ0v) is 12.0. The average Bonchev–Trinajstić information content (AvgIpc) is 3.14. The molecule has 0 radical (unpaired) electrons. The second-order valence-electron chi connectivity index (χ2n) is 5.74.